The number of hydrogen-bond donors (Lipinski definition) is 1. The van der Waals surface area contributed by atoms with E-state index < -0.39 is 0 Å². The Morgan fingerprint density at radius 3 is 2.73 bits per heavy atom. The molecule has 110 valence electrons. The largest absolute Gasteiger partial charge is 0.347 e. The number of carbonyl (C=O) groups excluding carboxylic acids is 1. The lowest BCUT2D eigenvalue weighted by atomic mass is 10.1. The van der Waals surface area contributed by atoms with Gasteiger partial charge in [0.25, 0.3) is 5.91 Å². The number of aromatic nitrogens is 2. The maximum Gasteiger partial charge on any atom is 0.271 e. The van der Waals surface area contributed by atoms with Gasteiger partial charge in [-0.2, -0.15) is 0 Å². The maximum atomic E-state index is 12.1. The average Bonchev–Trinajstić information content (AvgIpc) is 3.05. The quantitative estimate of drug-likeness (QED) is 0.803. The number of carbonyl (C=O) groups is 1. The van der Waals surface area contributed by atoms with E-state index >= 15 is 0 Å². The van der Waals surface area contributed by atoms with E-state index in [0.717, 1.165) is 16.3 Å². The molecule has 0 saturated heterocycles. The molecule has 5 heteroatoms. The number of rotatable bonds is 4. The molecule has 3 rings (SSSR count). The predicted octanol–water partition coefficient (Wildman–Crippen LogP) is 3.44. The van der Waals surface area contributed by atoms with Gasteiger partial charge >= 0.3 is 0 Å². The second kappa shape index (κ2) is 6.49. The van der Waals surface area contributed by atoms with Crippen LogP contribution in [0.2, 0.25) is 0 Å². The molecule has 0 bridgehead atoms. The molecule has 0 aliphatic carbocycles. The molecule has 0 aliphatic heterocycles. The third kappa shape index (κ3) is 3.38. The van der Waals surface area contributed by atoms with Gasteiger partial charge in [-0.1, -0.05) is 35.9 Å². The first-order valence-corrected chi connectivity index (χ1v) is 7.81. The summed E-state index contributed by atoms with van der Waals surface area (Å²) in [5.41, 5.74) is 3.48. The zero-order chi connectivity index (χ0) is 15.4. The van der Waals surface area contributed by atoms with E-state index in [0.29, 0.717) is 12.2 Å². The van der Waals surface area contributed by atoms with Crippen molar-refractivity contribution in [2.45, 2.75) is 13.5 Å². The summed E-state index contributed by atoms with van der Waals surface area (Å²) in [5, 5.41) is 5.39. The Morgan fingerprint density at radius 1 is 1.18 bits per heavy atom. The van der Waals surface area contributed by atoms with Crippen molar-refractivity contribution < 1.29 is 4.79 Å². The smallest absolute Gasteiger partial charge is 0.271 e. The second-order valence-electron chi connectivity index (χ2n) is 4.92. The molecule has 3 aromatic rings. The molecule has 0 fully saturated rings. The van der Waals surface area contributed by atoms with Gasteiger partial charge in [0.2, 0.25) is 0 Å². The lowest BCUT2D eigenvalue weighted by Gasteiger charge is -2.03. The molecule has 0 saturated carbocycles. The van der Waals surface area contributed by atoms with Crippen molar-refractivity contribution >= 4 is 17.2 Å². The molecule has 0 radical (unpaired) electrons. The summed E-state index contributed by atoms with van der Waals surface area (Å²) in [7, 11) is 0. The molecule has 22 heavy (non-hydrogen) atoms. The van der Waals surface area contributed by atoms with Crippen LogP contribution in [-0.4, -0.2) is 15.9 Å². The van der Waals surface area contributed by atoms with E-state index in [2.05, 4.69) is 15.3 Å². The summed E-state index contributed by atoms with van der Waals surface area (Å²) in [4.78, 5) is 20.7. The van der Waals surface area contributed by atoms with Gasteiger partial charge in [0, 0.05) is 18.1 Å². The van der Waals surface area contributed by atoms with Gasteiger partial charge in [0.1, 0.15) is 10.7 Å². The number of amides is 1. The molecule has 1 N–H and O–H groups in total. The highest BCUT2D eigenvalue weighted by molar-refractivity contribution is 7.13. The predicted molar refractivity (Wildman–Crippen MR) is 87.7 cm³/mol. The van der Waals surface area contributed by atoms with Gasteiger partial charge in [0.15, 0.2) is 0 Å². The van der Waals surface area contributed by atoms with E-state index in [1.165, 1.54) is 16.9 Å². The highest BCUT2D eigenvalue weighted by Crippen LogP contribution is 2.21. The van der Waals surface area contributed by atoms with Crippen LogP contribution < -0.4 is 5.32 Å². The lowest BCUT2D eigenvalue weighted by molar-refractivity contribution is 0.0946. The van der Waals surface area contributed by atoms with Crippen molar-refractivity contribution in [2.75, 3.05) is 0 Å². The van der Waals surface area contributed by atoms with Gasteiger partial charge in [0.05, 0.1) is 5.69 Å². The summed E-state index contributed by atoms with van der Waals surface area (Å²) in [6.45, 7) is 2.53. The number of nitrogens with zero attached hydrogens (tertiary/aromatic N) is 2. The molecule has 0 unspecified atom stereocenters. The average molecular weight is 309 g/mol. The van der Waals surface area contributed by atoms with Gasteiger partial charge in [-0.25, -0.2) is 4.98 Å². The van der Waals surface area contributed by atoms with E-state index in [9.17, 15) is 4.79 Å². The molecule has 0 spiro atoms. The van der Waals surface area contributed by atoms with Crippen LogP contribution in [0.4, 0.5) is 0 Å². The first-order chi connectivity index (χ1) is 10.7. The van der Waals surface area contributed by atoms with Crippen molar-refractivity contribution in [3.8, 4) is 10.7 Å². The molecule has 4 nitrogen and oxygen atoms in total. The van der Waals surface area contributed by atoms with Gasteiger partial charge in [-0.3, -0.25) is 9.78 Å². The van der Waals surface area contributed by atoms with Crippen LogP contribution in [0.1, 0.15) is 21.6 Å². The fraction of sp³-hybridized carbons (Fsp3) is 0.118. The molecule has 0 aliphatic rings. The third-order valence-corrected chi connectivity index (χ3v) is 4.06. The molecule has 2 aromatic heterocycles. The standard InChI is InChI=1S/C17H15N3OS/c1-12-5-7-13(8-6-12)10-19-16(21)15-11-22-17(20-15)14-4-2-3-9-18-14/h2-9,11H,10H2,1H3,(H,19,21). The number of hydrogen-bond acceptors (Lipinski definition) is 4. The third-order valence-electron chi connectivity index (χ3n) is 3.19. The molecule has 1 amide bonds. The Balaban J connectivity index is 1.66. The minimum atomic E-state index is -0.168. The Bertz CT molecular complexity index is 766. The van der Waals surface area contributed by atoms with Crippen molar-refractivity contribution in [1.29, 1.82) is 0 Å². The number of aryl methyl sites for hydroxylation is 1. The van der Waals surface area contributed by atoms with Gasteiger partial charge in [-0.05, 0) is 24.6 Å². The normalized spacial score (nSPS) is 10.4. The maximum absolute atomic E-state index is 12.1. The Kier molecular flexibility index (Phi) is 4.25. The fourth-order valence-electron chi connectivity index (χ4n) is 1.96. The minimum Gasteiger partial charge on any atom is -0.347 e. The summed E-state index contributed by atoms with van der Waals surface area (Å²) >= 11 is 1.42. The first kappa shape index (κ1) is 14.4. The fourth-order valence-corrected chi connectivity index (χ4v) is 2.74. The number of thiazole rings is 1. The van der Waals surface area contributed by atoms with Gasteiger partial charge in [-0.15, -0.1) is 11.3 Å². The Labute approximate surface area is 132 Å². The second-order valence-corrected chi connectivity index (χ2v) is 5.78. The van der Waals surface area contributed by atoms with Crippen molar-refractivity contribution in [3.05, 3.63) is 70.9 Å². The van der Waals surface area contributed by atoms with Crippen molar-refractivity contribution in [3.63, 3.8) is 0 Å². The van der Waals surface area contributed by atoms with Crippen LogP contribution in [0, 0.1) is 6.92 Å². The summed E-state index contributed by atoms with van der Waals surface area (Å²) in [6, 6.07) is 13.7. The van der Waals surface area contributed by atoms with Crippen LogP contribution in [0.3, 0.4) is 0 Å². The van der Waals surface area contributed by atoms with Crippen LogP contribution in [0.5, 0.6) is 0 Å². The topological polar surface area (TPSA) is 54.9 Å². The monoisotopic (exact) mass is 309 g/mol. The van der Waals surface area contributed by atoms with E-state index in [4.69, 9.17) is 0 Å². The number of pyridine rings is 1. The Hall–Kier alpha value is -2.53. The number of benzene rings is 1. The molecule has 1 aromatic carbocycles. The van der Waals surface area contributed by atoms with Crippen LogP contribution in [0.15, 0.2) is 54.0 Å². The molecular formula is C17H15N3OS. The summed E-state index contributed by atoms with van der Waals surface area (Å²) < 4.78 is 0. The van der Waals surface area contributed by atoms with Crippen molar-refractivity contribution in [2.24, 2.45) is 0 Å². The SMILES string of the molecule is Cc1ccc(CNC(=O)c2csc(-c3ccccn3)n2)cc1. The van der Waals surface area contributed by atoms with Crippen LogP contribution in [0.25, 0.3) is 10.7 Å². The minimum absolute atomic E-state index is 0.168. The zero-order valence-electron chi connectivity index (χ0n) is 12.1. The van der Waals surface area contributed by atoms with E-state index in [-0.39, 0.29) is 5.91 Å². The van der Waals surface area contributed by atoms with Gasteiger partial charge < -0.3 is 5.32 Å². The van der Waals surface area contributed by atoms with E-state index in [1.54, 1.807) is 11.6 Å². The molecule has 0 atom stereocenters. The number of nitrogens with one attached hydrogen (secondary N) is 1. The summed E-state index contributed by atoms with van der Waals surface area (Å²) in [6.07, 6.45) is 1.72. The Morgan fingerprint density at radius 2 is 2.00 bits per heavy atom. The lowest BCUT2D eigenvalue weighted by Crippen LogP contribution is -2.23. The summed E-state index contributed by atoms with van der Waals surface area (Å²) in [5.74, 6) is -0.168. The molecular weight excluding hydrogens is 294 g/mol. The molecule has 2 heterocycles. The van der Waals surface area contributed by atoms with Crippen LogP contribution in [-0.2, 0) is 6.54 Å². The highest BCUT2D eigenvalue weighted by atomic mass is 32.1. The highest BCUT2D eigenvalue weighted by Gasteiger charge is 2.12. The van der Waals surface area contributed by atoms with Crippen LogP contribution >= 0.6 is 11.3 Å². The van der Waals surface area contributed by atoms with E-state index in [1.807, 2.05) is 49.4 Å². The zero-order valence-corrected chi connectivity index (χ0v) is 12.9. The van der Waals surface area contributed by atoms with Crippen molar-refractivity contribution in [1.82, 2.24) is 15.3 Å². The first-order valence-electron chi connectivity index (χ1n) is 6.93.